The standard InChI is InChI=1S/C12H8N2O2/c1-2-10-12(16-6-15-10)11-7(1)8-5-13-4-3-9(8)14-11/h1-5,14H,6H2. The number of nitrogens with zero attached hydrogens (tertiary/aromatic N) is 1. The van der Waals surface area contributed by atoms with Crippen LogP contribution in [0.5, 0.6) is 11.5 Å². The molecule has 1 N–H and O–H groups in total. The number of aromatic nitrogens is 2. The minimum atomic E-state index is 0.294. The minimum absolute atomic E-state index is 0.294. The lowest BCUT2D eigenvalue weighted by Crippen LogP contribution is -1.93. The first-order valence-corrected chi connectivity index (χ1v) is 5.07. The lowest BCUT2D eigenvalue weighted by molar-refractivity contribution is 0.174. The Balaban J connectivity index is 2.24. The van der Waals surface area contributed by atoms with Crippen LogP contribution in [-0.4, -0.2) is 16.8 Å². The topological polar surface area (TPSA) is 47.1 Å². The third-order valence-corrected chi connectivity index (χ3v) is 2.91. The molecule has 0 amide bonds. The quantitative estimate of drug-likeness (QED) is 0.622. The lowest BCUT2D eigenvalue weighted by atomic mass is 10.2. The Bertz CT molecular complexity index is 703. The molecule has 0 saturated carbocycles. The second kappa shape index (κ2) is 2.66. The first kappa shape index (κ1) is 7.98. The molecule has 3 heterocycles. The van der Waals surface area contributed by atoms with Gasteiger partial charge in [-0.2, -0.15) is 0 Å². The fourth-order valence-corrected chi connectivity index (χ4v) is 2.17. The summed E-state index contributed by atoms with van der Waals surface area (Å²) in [5, 5.41) is 2.23. The van der Waals surface area contributed by atoms with Crippen LogP contribution in [-0.2, 0) is 0 Å². The molecule has 78 valence electrons. The summed E-state index contributed by atoms with van der Waals surface area (Å²) < 4.78 is 10.8. The molecule has 0 aliphatic carbocycles. The molecule has 3 aromatic rings. The van der Waals surface area contributed by atoms with Crippen LogP contribution in [0, 0.1) is 0 Å². The summed E-state index contributed by atoms with van der Waals surface area (Å²) in [4.78, 5) is 7.47. The van der Waals surface area contributed by atoms with Gasteiger partial charge in [-0.1, -0.05) is 0 Å². The molecule has 0 fully saturated rings. The molecule has 0 atom stereocenters. The number of ether oxygens (including phenoxy) is 2. The van der Waals surface area contributed by atoms with E-state index in [0.717, 1.165) is 33.3 Å². The molecular weight excluding hydrogens is 204 g/mol. The molecule has 2 aromatic heterocycles. The second-order valence-corrected chi connectivity index (χ2v) is 3.77. The van der Waals surface area contributed by atoms with E-state index in [1.54, 1.807) is 6.20 Å². The molecule has 0 saturated heterocycles. The van der Waals surface area contributed by atoms with Gasteiger partial charge in [0.1, 0.15) is 0 Å². The maximum atomic E-state index is 5.47. The summed E-state index contributed by atoms with van der Waals surface area (Å²) >= 11 is 0. The van der Waals surface area contributed by atoms with Crippen LogP contribution in [0.15, 0.2) is 30.6 Å². The number of hydrogen-bond acceptors (Lipinski definition) is 3. The van der Waals surface area contributed by atoms with Gasteiger partial charge in [0.05, 0.1) is 5.52 Å². The van der Waals surface area contributed by atoms with Crippen molar-refractivity contribution in [2.45, 2.75) is 0 Å². The molecule has 0 unspecified atom stereocenters. The number of benzene rings is 1. The average Bonchev–Trinajstić information content (AvgIpc) is 2.92. The smallest absolute Gasteiger partial charge is 0.231 e. The number of nitrogens with one attached hydrogen (secondary N) is 1. The maximum Gasteiger partial charge on any atom is 0.231 e. The highest BCUT2D eigenvalue weighted by atomic mass is 16.7. The van der Waals surface area contributed by atoms with E-state index in [9.17, 15) is 0 Å². The summed E-state index contributed by atoms with van der Waals surface area (Å²) in [6.07, 6.45) is 3.63. The molecule has 1 aliphatic rings. The van der Waals surface area contributed by atoms with Crippen molar-refractivity contribution in [3.63, 3.8) is 0 Å². The first-order valence-electron chi connectivity index (χ1n) is 5.07. The van der Waals surface area contributed by atoms with Crippen LogP contribution in [0.25, 0.3) is 21.8 Å². The summed E-state index contributed by atoms with van der Waals surface area (Å²) in [5.41, 5.74) is 2.05. The van der Waals surface area contributed by atoms with Crippen LogP contribution in [0.4, 0.5) is 0 Å². The molecule has 0 spiro atoms. The van der Waals surface area contributed by atoms with E-state index in [2.05, 4.69) is 9.97 Å². The van der Waals surface area contributed by atoms with E-state index in [-0.39, 0.29) is 0 Å². The fraction of sp³-hybridized carbons (Fsp3) is 0.0833. The Morgan fingerprint density at radius 2 is 2.12 bits per heavy atom. The number of aromatic amines is 1. The molecule has 1 aliphatic heterocycles. The third-order valence-electron chi connectivity index (χ3n) is 2.91. The molecule has 0 bridgehead atoms. The molecule has 4 heteroatoms. The van der Waals surface area contributed by atoms with Gasteiger partial charge in [0.2, 0.25) is 6.79 Å². The zero-order chi connectivity index (χ0) is 10.5. The van der Waals surface area contributed by atoms with Crippen molar-refractivity contribution in [1.29, 1.82) is 0 Å². The summed E-state index contributed by atoms with van der Waals surface area (Å²) in [5.74, 6) is 1.60. The molecule has 1 aromatic carbocycles. The number of hydrogen-bond donors (Lipinski definition) is 1. The number of pyridine rings is 1. The number of fused-ring (bicyclic) bond motifs is 5. The van der Waals surface area contributed by atoms with Gasteiger partial charge in [0.15, 0.2) is 11.5 Å². The minimum Gasteiger partial charge on any atom is -0.454 e. The van der Waals surface area contributed by atoms with Gasteiger partial charge in [-0.3, -0.25) is 4.98 Å². The first-order chi connectivity index (χ1) is 7.93. The molecule has 0 radical (unpaired) electrons. The van der Waals surface area contributed by atoms with E-state index in [4.69, 9.17) is 9.47 Å². The zero-order valence-corrected chi connectivity index (χ0v) is 8.36. The Morgan fingerprint density at radius 3 is 3.12 bits per heavy atom. The SMILES string of the molecule is c1cc2[nH]c3c4c(ccc3c2cn1)OCO4. The normalized spacial score (nSPS) is 13.8. The summed E-state index contributed by atoms with van der Waals surface area (Å²) in [6.45, 7) is 0.294. The van der Waals surface area contributed by atoms with E-state index in [1.807, 2.05) is 24.4 Å². The molecule has 4 rings (SSSR count). The maximum absolute atomic E-state index is 5.47. The van der Waals surface area contributed by atoms with Crippen LogP contribution >= 0.6 is 0 Å². The lowest BCUT2D eigenvalue weighted by Gasteiger charge is -1.96. The third kappa shape index (κ3) is 0.863. The van der Waals surface area contributed by atoms with Crippen molar-refractivity contribution in [1.82, 2.24) is 9.97 Å². The highest BCUT2D eigenvalue weighted by Crippen LogP contribution is 2.40. The van der Waals surface area contributed by atoms with E-state index in [0.29, 0.717) is 6.79 Å². The number of rotatable bonds is 0. The van der Waals surface area contributed by atoms with Crippen molar-refractivity contribution < 1.29 is 9.47 Å². The van der Waals surface area contributed by atoms with Gasteiger partial charge in [0, 0.05) is 28.7 Å². The van der Waals surface area contributed by atoms with E-state index >= 15 is 0 Å². The van der Waals surface area contributed by atoms with Crippen LogP contribution < -0.4 is 9.47 Å². The van der Waals surface area contributed by atoms with Crippen molar-refractivity contribution in [2.75, 3.05) is 6.79 Å². The van der Waals surface area contributed by atoms with Crippen molar-refractivity contribution in [3.8, 4) is 11.5 Å². The van der Waals surface area contributed by atoms with Crippen LogP contribution in [0.3, 0.4) is 0 Å². The van der Waals surface area contributed by atoms with Gasteiger partial charge < -0.3 is 14.5 Å². The van der Waals surface area contributed by atoms with Crippen molar-refractivity contribution in [2.24, 2.45) is 0 Å². The zero-order valence-electron chi connectivity index (χ0n) is 8.36. The van der Waals surface area contributed by atoms with Gasteiger partial charge >= 0.3 is 0 Å². The fourth-order valence-electron chi connectivity index (χ4n) is 2.17. The Hall–Kier alpha value is -2.23. The molecular formula is C12H8N2O2. The van der Waals surface area contributed by atoms with Crippen LogP contribution in [0.2, 0.25) is 0 Å². The second-order valence-electron chi connectivity index (χ2n) is 3.77. The largest absolute Gasteiger partial charge is 0.454 e. The predicted octanol–water partition coefficient (Wildman–Crippen LogP) is 2.44. The van der Waals surface area contributed by atoms with E-state index in [1.165, 1.54) is 0 Å². The van der Waals surface area contributed by atoms with Gasteiger partial charge in [-0.15, -0.1) is 0 Å². The average molecular weight is 212 g/mol. The van der Waals surface area contributed by atoms with Gasteiger partial charge in [0.25, 0.3) is 0 Å². The molecule has 16 heavy (non-hydrogen) atoms. The predicted molar refractivity (Wildman–Crippen MR) is 59.7 cm³/mol. The van der Waals surface area contributed by atoms with E-state index < -0.39 is 0 Å². The number of H-pyrrole nitrogens is 1. The van der Waals surface area contributed by atoms with Gasteiger partial charge in [-0.05, 0) is 18.2 Å². The molecule has 4 nitrogen and oxygen atoms in total. The van der Waals surface area contributed by atoms with Gasteiger partial charge in [-0.25, -0.2) is 0 Å². The van der Waals surface area contributed by atoms with Crippen molar-refractivity contribution in [3.05, 3.63) is 30.6 Å². The Labute approximate surface area is 90.8 Å². The summed E-state index contributed by atoms with van der Waals surface area (Å²) in [7, 11) is 0. The Kier molecular flexibility index (Phi) is 1.33. The van der Waals surface area contributed by atoms with Crippen molar-refractivity contribution >= 4 is 21.8 Å². The monoisotopic (exact) mass is 212 g/mol. The highest BCUT2D eigenvalue weighted by Gasteiger charge is 2.18. The van der Waals surface area contributed by atoms with Crippen LogP contribution in [0.1, 0.15) is 0 Å². The summed E-state index contributed by atoms with van der Waals surface area (Å²) in [6, 6.07) is 5.92. The Morgan fingerprint density at radius 1 is 1.12 bits per heavy atom. The highest BCUT2D eigenvalue weighted by molar-refractivity contribution is 6.09.